The lowest BCUT2D eigenvalue weighted by molar-refractivity contribution is 0.0585. The second kappa shape index (κ2) is 8.07. The Morgan fingerprint density at radius 2 is 1.88 bits per heavy atom. The number of amides is 1. The van der Waals surface area contributed by atoms with Gasteiger partial charge in [0.2, 0.25) is 0 Å². The van der Waals surface area contributed by atoms with Crippen LogP contribution in [0.3, 0.4) is 0 Å². The fourth-order valence-electron chi connectivity index (χ4n) is 3.42. The van der Waals surface area contributed by atoms with Crippen LogP contribution in [0.5, 0.6) is 0 Å². The van der Waals surface area contributed by atoms with E-state index in [-0.39, 0.29) is 18.6 Å². The molecular formula is C19H24N4O2. The smallest absolute Gasteiger partial charge is 0.254 e. The van der Waals surface area contributed by atoms with E-state index >= 15 is 0 Å². The minimum absolute atomic E-state index is 0.0147. The highest BCUT2D eigenvalue weighted by atomic mass is 16.3. The van der Waals surface area contributed by atoms with Crippen LogP contribution < -0.4 is 5.73 Å². The van der Waals surface area contributed by atoms with E-state index in [2.05, 4.69) is 9.97 Å². The van der Waals surface area contributed by atoms with Crippen molar-refractivity contribution in [3.63, 3.8) is 0 Å². The summed E-state index contributed by atoms with van der Waals surface area (Å²) in [4.78, 5) is 23.0. The second-order valence-corrected chi connectivity index (χ2v) is 6.42. The standard InChI is InChI=1S/C19H24N4O2/c20-18-13-21-12-17(22-18)14-6-8-15(9-7-14)19(25)23(10-11-24)16-4-2-1-3-5-16/h6-9,12-13,16,24H,1-5,10-11H2,(H2,20,22). The number of nitrogens with zero attached hydrogens (tertiary/aromatic N) is 3. The predicted molar refractivity (Wildman–Crippen MR) is 96.9 cm³/mol. The first-order valence-corrected chi connectivity index (χ1v) is 8.79. The molecule has 0 saturated heterocycles. The van der Waals surface area contributed by atoms with Gasteiger partial charge in [-0.1, -0.05) is 31.4 Å². The molecule has 0 radical (unpaired) electrons. The zero-order valence-electron chi connectivity index (χ0n) is 14.3. The maximum atomic E-state index is 12.9. The topological polar surface area (TPSA) is 92.3 Å². The Morgan fingerprint density at radius 1 is 1.16 bits per heavy atom. The monoisotopic (exact) mass is 340 g/mol. The van der Waals surface area contributed by atoms with Gasteiger partial charge in [-0.05, 0) is 25.0 Å². The van der Waals surface area contributed by atoms with Gasteiger partial charge in [-0.15, -0.1) is 0 Å². The van der Waals surface area contributed by atoms with Gasteiger partial charge in [0.25, 0.3) is 5.91 Å². The van der Waals surface area contributed by atoms with E-state index in [1.807, 2.05) is 17.0 Å². The molecule has 1 amide bonds. The summed E-state index contributed by atoms with van der Waals surface area (Å²) < 4.78 is 0. The Kier molecular flexibility index (Phi) is 5.60. The summed E-state index contributed by atoms with van der Waals surface area (Å²) in [5, 5.41) is 9.36. The number of nitrogen functional groups attached to an aromatic ring is 1. The highest BCUT2D eigenvalue weighted by molar-refractivity contribution is 5.95. The van der Waals surface area contributed by atoms with Crippen LogP contribution in [-0.4, -0.2) is 45.1 Å². The van der Waals surface area contributed by atoms with Crippen LogP contribution in [0.4, 0.5) is 5.82 Å². The normalized spacial score (nSPS) is 15.1. The molecule has 6 heteroatoms. The van der Waals surface area contributed by atoms with E-state index in [0.29, 0.717) is 23.6 Å². The van der Waals surface area contributed by atoms with Crippen molar-refractivity contribution in [2.75, 3.05) is 18.9 Å². The molecule has 132 valence electrons. The predicted octanol–water partition coefficient (Wildman–Crippen LogP) is 2.49. The zero-order valence-corrected chi connectivity index (χ0v) is 14.3. The van der Waals surface area contributed by atoms with Crippen molar-refractivity contribution in [2.24, 2.45) is 0 Å². The number of anilines is 1. The molecule has 0 atom stereocenters. The molecule has 1 aromatic carbocycles. The average Bonchev–Trinajstić information content (AvgIpc) is 2.66. The van der Waals surface area contributed by atoms with Crippen LogP contribution in [-0.2, 0) is 0 Å². The molecule has 6 nitrogen and oxygen atoms in total. The van der Waals surface area contributed by atoms with Crippen LogP contribution in [0.2, 0.25) is 0 Å². The van der Waals surface area contributed by atoms with Crippen molar-refractivity contribution in [3.8, 4) is 11.3 Å². The number of benzene rings is 1. The van der Waals surface area contributed by atoms with Crippen LogP contribution in [0.15, 0.2) is 36.7 Å². The van der Waals surface area contributed by atoms with E-state index in [1.165, 1.54) is 12.6 Å². The summed E-state index contributed by atoms with van der Waals surface area (Å²) in [7, 11) is 0. The van der Waals surface area contributed by atoms with E-state index < -0.39 is 0 Å². The lowest BCUT2D eigenvalue weighted by Crippen LogP contribution is -2.43. The Balaban J connectivity index is 1.78. The lowest BCUT2D eigenvalue weighted by atomic mass is 9.93. The van der Waals surface area contributed by atoms with Crippen molar-refractivity contribution in [1.29, 1.82) is 0 Å². The lowest BCUT2D eigenvalue weighted by Gasteiger charge is -2.34. The van der Waals surface area contributed by atoms with Gasteiger partial charge in [0.05, 0.1) is 24.7 Å². The summed E-state index contributed by atoms with van der Waals surface area (Å²) in [6.45, 7) is 0.366. The number of aromatic nitrogens is 2. The van der Waals surface area contributed by atoms with Crippen LogP contribution in [0, 0.1) is 0 Å². The van der Waals surface area contributed by atoms with E-state index in [1.54, 1.807) is 18.3 Å². The molecule has 25 heavy (non-hydrogen) atoms. The minimum atomic E-state index is -0.0221. The number of rotatable bonds is 5. The van der Waals surface area contributed by atoms with Gasteiger partial charge in [-0.25, -0.2) is 4.98 Å². The number of nitrogens with two attached hydrogens (primary N) is 1. The van der Waals surface area contributed by atoms with Crippen molar-refractivity contribution in [2.45, 2.75) is 38.1 Å². The molecule has 3 N–H and O–H groups in total. The van der Waals surface area contributed by atoms with Crippen molar-refractivity contribution >= 4 is 11.7 Å². The molecule has 1 aliphatic rings. The summed E-state index contributed by atoms with van der Waals surface area (Å²) in [6, 6.07) is 7.54. The Morgan fingerprint density at radius 3 is 2.52 bits per heavy atom. The fraction of sp³-hybridized carbons (Fsp3) is 0.421. The molecular weight excluding hydrogens is 316 g/mol. The third-order valence-electron chi connectivity index (χ3n) is 4.70. The van der Waals surface area contributed by atoms with E-state index in [0.717, 1.165) is 31.2 Å². The molecule has 0 spiro atoms. The van der Waals surface area contributed by atoms with Gasteiger partial charge in [0, 0.05) is 23.7 Å². The highest BCUT2D eigenvalue weighted by Crippen LogP contribution is 2.25. The van der Waals surface area contributed by atoms with Gasteiger partial charge in [-0.2, -0.15) is 0 Å². The van der Waals surface area contributed by atoms with Crippen LogP contribution in [0.25, 0.3) is 11.3 Å². The van der Waals surface area contributed by atoms with Gasteiger partial charge in [0.15, 0.2) is 0 Å². The van der Waals surface area contributed by atoms with Crippen LogP contribution in [0.1, 0.15) is 42.5 Å². The maximum absolute atomic E-state index is 12.9. The zero-order chi connectivity index (χ0) is 17.6. The third kappa shape index (κ3) is 4.14. The molecule has 0 aliphatic heterocycles. The molecule has 2 aromatic rings. The quantitative estimate of drug-likeness (QED) is 0.872. The van der Waals surface area contributed by atoms with Gasteiger partial charge in [0.1, 0.15) is 5.82 Å². The number of carbonyl (C=O) groups is 1. The second-order valence-electron chi connectivity index (χ2n) is 6.42. The van der Waals surface area contributed by atoms with Gasteiger partial charge >= 0.3 is 0 Å². The number of hydrogen-bond donors (Lipinski definition) is 2. The maximum Gasteiger partial charge on any atom is 0.254 e. The van der Waals surface area contributed by atoms with Crippen molar-refractivity contribution in [3.05, 3.63) is 42.2 Å². The van der Waals surface area contributed by atoms with E-state index in [9.17, 15) is 9.90 Å². The molecule has 0 unspecified atom stereocenters. The first kappa shape index (κ1) is 17.4. The molecule has 1 saturated carbocycles. The molecule has 1 aromatic heterocycles. The van der Waals surface area contributed by atoms with Crippen molar-refractivity contribution < 1.29 is 9.90 Å². The minimum Gasteiger partial charge on any atom is -0.395 e. The number of aliphatic hydroxyl groups is 1. The molecule has 1 fully saturated rings. The van der Waals surface area contributed by atoms with Crippen LogP contribution >= 0.6 is 0 Å². The molecule has 3 rings (SSSR count). The largest absolute Gasteiger partial charge is 0.395 e. The average molecular weight is 340 g/mol. The Hall–Kier alpha value is -2.47. The fourth-order valence-corrected chi connectivity index (χ4v) is 3.42. The Labute approximate surface area is 147 Å². The summed E-state index contributed by atoms with van der Waals surface area (Å²) >= 11 is 0. The summed E-state index contributed by atoms with van der Waals surface area (Å²) in [5.74, 6) is 0.343. The SMILES string of the molecule is Nc1cncc(-c2ccc(C(=O)N(CCO)C3CCCCC3)cc2)n1. The highest BCUT2D eigenvalue weighted by Gasteiger charge is 2.25. The Bertz CT molecular complexity index is 712. The number of aliphatic hydroxyl groups excluding tert-OH is 1. The third-order valence-corrected chi connectivity index (χ3v) is 4.70. The first-order valence-electron chi connectivity index (χ1n) is 8.79. The molecule has 1 aliphatic carbocycles. The summed E-state index contributed by atoms with van der Waals surface area (Å²) in [5.41, 5.74) is 7.84. The van der Waals surface area contributed by atoms with Gasteiger partial charge in [-0.3, -0.25) is 9.78 Å². The van der Waals surface area contributed by atoms with Crippen molar-refractivity contribution in [1.82, 2.24) is 14.9 Å². The number of hydrogen-bond acceptors (Lipinski definition) is 5. The molecule has 1 heterocycles. The first-order chi connectivity index (χ1) is 12.2. The van der Waals surface area contributed by atoms with Gasteiger partial charge < -0.3 is 15.7 Å². The van der Waals surface area contributed by atoms with E-state index in [4.69, 9.17) is 5.73 Å². The number of carbonyl (C=O) groups excluding carboxylic acids is 1. The summed E-state index contributed by atoms with van der Waals surface area (Å²) in [6.07, 6.45) is 8.70. The molecule has 0 bridgehead atoms.